The van der Waals surface area contributed by atoms with Gasteiger partial charge in [0.25, 0.3) is 0 Å². The summed E-state index contributed by atoms with van der Waals surface area (Å²) in [6, 6.07) is 2.34. The highest BCUT2D eigenvalue weighted by Gasteiger charge is 2.32. The van der Waals surface area contributed by atoms with Gasteiger partial charge in [-0.2, -0.15) is 0 Å². The first-order valence-corrected chi connectivity index (χ1v) is 7.34. The average molecular weight is 291 g/mol. The summed E-state index contributed by atoms with van der Waals surface area (Å²) in [4.78, 5) is -0.658. The van der Waals surface area contributed by atoms with Crippen LogP contribution in [0.25, 0.3) is 0 Å². The molecule has 0 atom stereocenters. The van der Waals surface area contributed by atoms with E-state index in [1.165, 1.54) is 7.05 Å². The zero-order valence-electron chi connectivity index (χ0n) is 10.4. The summed E-state index contributed by atoms with van der Waals surface area (Å²) in [5, 5.41) is 9.15. The SMILES string of the molecule is CN(CC1CC(O)C1)S(=O)(=O)c1cc(F)ccc1F. The Morgan fingerprint density at radius 3 is 2.58 bits per heavy atom. The smallest absolute Gasteiger partial charge is 0.245 e. The Labute approximate surface area is 110 Å². The molecule has 7 heteroatoms. The van der Waals surface area contributed by atoms with Crippen LogP contribution in [0, 0.1) is 17.6 Å². The zero-order chi connectivity index (χ0) is 14.2. The second-order valence-corrected chi connectivity index (χ2v) is 6.86. The molecule has 0 unspecified atom stereocenters. The number of halogens is 2. The predicted octanol–water partition coefficient (Wildman–Crippen LogP) is 1.36. The molecule has 1 saturated carbocycles. The molecular formula is C12H15F2NO3S. The summed E-state index contributed by atoms with van der Waals surface area (Å²) < 4.78 is 51.8. The van der Waals surface area contributed by atoms with Crippen LogP contribution in [0.5, 0.6) is 0 Å². The van der Waals surface area contributed by atoms with Crippen LogP contribution in [0.1, 0.15) is 12.8 Å². The maximum Gasteiger partial charge on any atom is 0.245 e. The van der Waals surface area contributed by atoms with Crippen molar-refractivity contribution >= 4 is 10.0 Å². The minimum absolute atomic E-state index is 0.0615. The van der Waals surface area contributed by atoms with E-state index < -0.39 is 26.6 Å². The quantitative estimate of drug-likeness (QED) is 0.911. The molecule has 0 saturated heterocycles. The molecule has 19 heavy (non-hydrogen) atoms. The van der Waals surface area contributed by atoms with Gasteiger partial charge in [-0.3, -0.25) is 0 Å². The number of nitrogens with zero attached hydrogens (tertiary/aromatic N) is 1. The molecule has 0 spiro atoms. The summed E-state index contributed by atoms with van der Waals surface area (Å²) in [7, 11) is -2.72. The molecule has 0 amide bonds. The Kier molecular flexibility index (Phi) is 3.89. The molecule has 106 valence electrons. The zero-order valence-corrected chi connectivity index (χ0v) is 11.2. The second kappa shape index (κ2) is 5.15. The van der Waals surface area contributed by atoms with E-state index in [1.54, 1.807) is 0 Å². The third-order valence-corrected chi connectivity index (χ3v) is 5.15. The Bertz CT molecular complexity index is 570. The molecule has 1 aromatic rings. The molecule has 1 aromatic carbocycles. The number of hydrogen-bond acceptors (Lipinski definition) is 3. The van der Waals surface area contributed by atoms with Crippen molar-refractivity contribution in [3.8, 4) is 0 Å². The van der Waals surface area contributed by atoms with Gasteiger partial charge in [-0.15, -0.1) is 0 Å². The van der Waals surface area contributed by atoms with Crippen molar-refractivity contribution in [3.05, 3.63) is 29.8 Å². The third-order valence-electron chi connectivity index (χ3n) is 3.31. The molecular weight excluding hydrogens is 276 g/mol. The van der Waals surface area contributed by atoms with Crippen molar-refractivity contribution in [2.24, 2.45) is 5.92 Å². The monoisotopic (exact) mass is 291 g/mol. The van der Waals surface area contributed by atoms with Gasteiger partial charge in [-0.1, -0.05) is 0 Å². The minimum atomic E-state index is -4.04. The first kappa shape index (κ1) is 14.4. The van der Waals surface area contributed by atoms with Gasteiger partial charge in [0.15, 0.2) is 0 Å². The summed E-state index contributed by atoms with van der Waals surface area (Å²) in [6.07, 6.45) is 0.684. The topological polar surface area (TPSA) is 57.6 Å². The fourth-order valence-corrected chi connectivity index (χ4v) is 3.47. The van der Waals surface area contributed by atoms with E-state index in [4.69, 9.17) is 5.11 Å². The Hall–Kier alpha value is -1.05. The van der Waals surface area contributed by atoms with Crippen LogP contribution < -0.4 is 0 Å². The summed E-state index contributed by atoms with van der Waals surface area (Å²) in [5.74, 6) is -1.71. The number of aliphatic hydroxyl groups excluding tert-OH is 1. The normalized spacial score (nSPS) is 23.4. The number of hydrogen-bond donors (Lipinski definition) is 1. The fraction of sp³-hybridized carbons (Fsp3) is 0.500. The lowest BCUT2D eigenvalue weighted by atomic mass is 9.82. The van der Waals surface area contributed by atoms with Gasteiger partial charge in [0, 0.05) is 13.6 Å². The first-order chi connectivity index (χ1) is 8.80. The summed E-state index contributed by atoms with van der Waals surface area (Å²) in [6.45, 7) is 0.190. The van der Waals surface area contributed by atoms with Crippen LogP contribution in [-0.4, -0.2) is 37.5 Å². The number of rotatable bonds is 4. The molecule has 0 bridgehead atoms. The lowest BCUT2D eigenvalue weighted by molar-refractivity contribution is 0.0367. The molecule has 0 aliphatic heterocycles. The van der Waals surface area contributed by atoms with Crippen molar-refractivity contribution in [2.75, 3.05) is 13.6 Å². The predicted molar refractivity (Wildman–Crippen MR) is 64.9 cm³/mol. The Balaban J connectivity index is 2.19. The van der Waals surface area contributed by atoms with Crippen molar-refractivity contribution < 1.29 is 22.3 Å². The van der Waals surface area contributed by atoms with Crippen molar-refractivity contribution in [2.45, 2.75) is 23.8 Å². The highest BCUT2D eigenvalue weighted by atomic mass is 32.2. The molecule has 0 radical (unpaired) electrons. The van der Waals surface area contributed by atoms with Crippen molar-refractivity contribution in [1.29, 1.82) is 0 Å². The maximum absolute atomic E-state index is 13.5. The maximum atomic E-state index is 13.5. The van der Waals surface area contributed by atoms with Crippen LogP contribution in [0.15, 0.2) is 23.1 Å². The van der Waals surface area contributed by atoms with Crippen LogP contribution in [0.3, 0.4) is 0 Å². The lowest BCUT2D eigenvalue weighted by Gasteiger charge is -2.34. The van der Waals surface area contributed by atoms with Gasteiger partial charge >= 0.3 is 0 Å². The molecule has 0 aromatic heterocycles. The van der Waals surface area contributed by atoms with Crippen molar-refractivity contribution in [1.82, 2.24) is 4.31 Å². The Morgan fingerprint density at radius 2 is 2.00 bits per heavy atom. The highest BCUT2D eigenvalue weighted by Crippen LogP contribution is 2.29. The molecule has 2 rings (SSSR count). The van der Waals surface area contributed by atoms with Crippen LogP contribution in [0.4, 0.5) is 8.78 Å². The number of sulfonamides is 1. The van der Waals surface area contributed by atoms with E-state index in [0.717, 1.165) is 16.4 Å². The van der Waals surface area contributed by atoms with E-state index in [0.29, 0.717) is 18.9 Å². The Morgan fingerprint density at radius 1 is 1.37 bits per heavy atom. The summed E-state index contributed by atoms with van der Waals surface area (Å²) in [5.41, 5.74) is 0. The van der Waals surface area contributed by atoms with Crippen LogP contribution in [-0.2, 0) is 10.0 Å². The number of benzene rings is 1. The molecule has 1 N–H and O–H groups in total. The number of aliphatic hydroxyl groups is 1. The van der Waals surface area contributed by atoms with Gasteiger partial charge in [0.2, 0.25) is 10.0 Å². The van der Waals surface area contributed by atoms with Gasteiger partial charge in [0.05, 0.1) is 6.10 Å². The van der Waals surface area contributed by atoms with Gasteiger partial charge in [-0.25, -0.2) is 21.5 Å². The van der Waals surface area contributed by atoms with Gasteiger partial charge in [0.1, 0.15) is 16.5 Å². The second-order valence-electron chi connectivity index (χ2n) is 4.85. The van der Waals surface area contributed by atoms with E-state index >= 15 is 0 Å². The molecule has 1 fully saturated rings. The van der Waals surface area contributed by atoms with Crippen molar-refractivity contribution in [3.63, 3.8) is 0 Å². The van der Waals surface area contributed by atoms with E-state index in [-0.39, 0.29) is 18.6 Å². The average Bonchev–Trinajstić information content (AvgIpc) is 2.30. The van der Waals surface area contributed by atoms with Gasteiger partial charge in [-0.05, 0) is 37.0 Å². The molecule has 1 aliphatic rings. The fourth-order valence-electron chi connectivity index (χ4n) is 2.15. The largest absolute Gasteiger partial charge is 0.393 e. The molecule has 0 heterocycles. The van der Waals surface area contributed by atoms with Crippen LogP contribution in [0.2, 0.25) is 0 Å². The summed E-state index contributed by atoms with van der Waals surface area (Å²) >= 11 is 0. The third kappa shape index (κ3) is 2.93. The minimum Gasteiger partial charge on any atom is -0.393 e. The van der Waals surface area contributed by atoms with E-state index in [1.807, 2.05) is 0 Å². The van der Waals surface area contributed by atoms with E-state index in [2.05, 4.69) is 0 Å². The van der Waals surface area contributed by atoms with Gasteiger partial charge < -0.3 is 5.11 Å². The van der Waals surface area contributed by atoms with Crippen LogP contribution >= 0.6 is 0 Å². The first-order valence-electron chi connectivity index (χ1n) is 5.90. The lowest BCUT2D eigenvalue weighted by Crippen LogP contribution is -2.39. The molecule has 1 aliphatic carbocycles. The molecule has 4 nitrogen and oxygen atoms in total. The highest BCUT2D eigenvalue weighted by molar-refractivity contribution is 7.89. The van der Waals surface area contributed by atoms with E-state index in [9.17, 15) is 17.2 Å². The standard InChI is InChI=1S/C12H15F2NO3S/c1-15(7-8-4-10(16)5-8)19(17,18)12-6-9(13)2-3-11(12)14/h2-3,6,8,10,16H,4-5,7H2,1H3.